The van der Waals surface area contributed by atoms with Crippen molar-refractivity contribution < 1.29 is 91.2 Å². The number of rotatable bonds is 47. The van der Waals surface area contributed by atoms with Crippen LogP contribution in [0.2, 0.25) is 0 Å². The molecule has 0 spiro atoms. The second-order valence-corrected chi connectivity index (χ2v) is 31.9. The van der Waals surface area contributed by atoms with Gasteiger partial charge < -0.3 is 82.1 Å². The lowest BCUT2D eigenvalue weighted by Gasteiger charge is -2.38. The van der Waals surface area contributed by atoms with Crippen molar-refractivity contribution in [2.24, 2.45) is 34.8 Å². The number of thioether (sulfide) groups is 1. The van der Waals surface area contributed by atoms with Crippen LogP contribution in [0.5, 0.6) is 0 Å². The second kappa shape index (κ2) is 44.9. The standard InChI is InChI=1S/C78H121N13O19S/c1-16-21-56(89(13)74(103)66(46(4)5)87-72(101)67(47(6)7)88(11)12)59(107-14)38-62(94)91-42-53(37-57(91)68(108-15)50(10)69(98)83-41-58(92)54-29-24-48(8)36-49(54)9)110-77(106)82-34-33-81-76(105)109-43-51-25-27-52(28-26-51)84-70(99)55(22-20-32-80-75(79)104)85-71(100)65(45(2)3)86-61(93)23-18-17-19-35-90-63(95)39-60(73(90)102)111-44-78(30-31-78)40-64(96)97/h24-29,36,45-47,50,53,55-57,59-60,65-68H,16-23,30-35,37-44H2,1-15H3,(H,81,105)(H,82,106)(H,83,98)(H,84,99)(H,85,100)(H,86,93)(H,87,101)(H,96,97)(H3,79,80,104)/t50-,53+,55+,56+,57+,59-,60?,65+,66+,67+,68-/m1/s1. The van der Waals surface area contributed by atoms with Crippen molar-refractivity contribution in [3.05, 3.63) is 64.7 Å². The van der Waals surface area contributed by atoms with E-state index >= 15 is 0 Å². The summed E-state index contributed by atoms with van der Waals surface area (Å²) < 4.78 is 23.4. The Morgan fingerprint density at radius 3 is 1.98 bits per heavy atom. The van der Waals surface area contributed by atoms with Gasteiger partial charge in [-0.2, -0.15) is 0 Å². The van der Waals surface area contributed by atoms with E-state index in [9.17, 15) is 72.2 Å². The monoisotopic (exact) mass is 1580 g/mol. The number of Topliss-reactive ketones (excluding diaryl/α,β-unsaturated/α-hetero) is 1. The van der Waals surface area contributed by atoms with Crippen LogP contribution in [-0.2, 0) is 73.5 Å². The van der Waals surface area contributed by atoms with E-state index in [1.165, 1.54) is 40.7 Å². The number of anilines is 1. The first-order valence-corrected chi connectivity index (χ1v) is 39.5. The molecule has 2 saturated heterocycles. The zero-order valence-electron chi connectivity index (χ0n) is 67.3. The molecule has 0 radical (unpaired) electrons. The Labute approximate surface area is 656 Å². The summed E-state index contributed by atoms with van der Waals surface area (Å²) in [6, 6.07) is 5.83. The van der Waals surface area contributed by atoms with E-state index in [4.69, 9.17) is 24.7 Å². The number of primary amides is 1. The molecule has 1 aliphatic carbocycles. The highest BCUT2D eigenvalue weighted by Crippen LogP contribution is 2.52. The number of nitrogens with zero attached hydrogens (tertiary/aromatic N) is 4. The van der Waals surface area contributed by atoms with Gasteiger partial charge in [0.25, 0.3) is 0 Å². The van der Waals surface area contributed by atoms with Crippen molar-refractivity contribution in [1.29, 1.82) is 0 Å². The summed E-state index contributed by atoms with van der Waals surface area (Å²) in [6.07, 6.45) is -0.336. The average Bonchev–Trinajstić information content (AvgIpc) is 1.68. The number of carboxylic acid groups (broad SMARTS) is 1. The minimum atomic E-state index is -1.14. The normalized spacial score (nSPS) is 18.0. The van der Waals surface area contributed by atoms with E-state index < -0.39 is 125 Å². The third kappa shape index (κ3) is 29.0. The van der Waals surface area contributed by atoms with E-state index in [0.717, 1.165) is 24.0 Å². The number of ketones is 1. The van der Waals surface area contributed by atoms with Crippen LogP contribution in [0.25, 0.3) is 0 Å². The number of urea groups is 1. The number of carbonyl (C=O) groups is 14. The quantitative estimate of drug-likeness (QED) is 0.0227. The van der Waals surface area contributed by atoms with Gasteiger partial charge in [0.05, 0.1) is 67.4 Å². The van der Waals surface area contributed by atoms with Gasteiger partial charge in [-0.3, -0.25) is 62.5 Å². The van der Waals surface area contributed by atoms with Crippen LogP contribution in [0, 0.1) is 42.9 Å². The van der Waals surface area contributed by atoms with Crippen LogP contribution in [0.15, 0.2) is 42.5 Å². The van der Waals surface area contributed by atoms with Crippen LogP contribution in [0.3, 0.4) is 0 Å². The number of nitrogens with two attached hydrogens (primary N) is 1. The molecule has 0 bridgehead atoms. The smallest absolute Gasteiger partial charge is 0.407 e. The second-order valence-electron chi connectivity index (χ2n) is 30.7. The minimum absolute atomic E-state index is 0.0222. The molecule has 3 fully saturated rings. The molecule has 13 amide bonds. The Balaban J connectivity index is 1.14. The molecular weight excluding hydrogens is 1450 g/mol. The molecule has 3 aliphatic rings. The molecule has 2 aliphatic heterocycles. The van der Waals surface area contributed by atoms with Crippen LogP contribution < -0.4 is 48.3 Å². The van der Waals surface area contributed by atoms with E-state index in [2.05, 4.69) is 42.5 Å². The number of aryl methyl sites for hydroxylation is 2. The van der Waals surface area contributed by atoms with E-state index in [1.54, 1.807) is 77.1 Å². The summed E-state index contributed by atoms with van der Waals surface area (Å²) in [5, 5.41) is 30.4. The van der Waals surface area contributed by atoms with Gasteiger partial charge in [0, 0.05) is 83.7 Å². The first-order chi connectivity index (χ1) is 52.4. The topological polar surface area (TPSA) is 431 Å². The van der Waals surface area contributed by atoms with E-state index in [-0.39, 0.29) is 137 Å². The molecule has 1 unspecified atom stereocenters. The predicted molar refractivity (Wildman–Crippen MR) is 416 cm³/mol. The number of likely N-dealkylation sites (tertiary alicyclic amines) is 2. The maximum absolute atomic E-state index is 14.9. The van der Waals surface area contributed by atoms with E-state index in [1.807, 2.05) is 60.6 Å². The number of nitrogens with one attached hydrogen (secondary N) is 8. The van der Waals surface area contributed by atoms with Crippen LogP contribution in [0.4, 0.5) is 20.1 Å². The van der Waals surface area contributed by atoms with Gasteiger partial charge in [0.15, 0.2) is 5.78 Å². The van der Waals surface area contributed by atoms with Gasteiger partial charge in [0.1, 0.15) is 30.8 Å². The highest BCUT2D eigenvalue weighted by atomic mass is 32.2. The van der Waals surface area contributed by atoms with Crippen molar-refractivity contribution in [3.8, 4) is 0 Å². The molecule has 11 N–H and O–H groups in total. The highest BCUT2D eigenvalue weighted by molar-refractivity contribution is 8.00. The van der Waals surface area contributed by atoms with Crippen molar-refractivity contribution in [2.45, 2.75) is 226 Å². The fourth-order valence-corrected chi connectivity index (χ4v) is 15.6. The van der Waals surface area contributed by atoms with Gasteiger partial charge in [-0.05, 0) is 119 Å². The van der Waals surface area contributed by atoms with Gasteiger partial charge in [0.2, 0.25) is 53.2 Å². The predicted octanol–water partition coefficient (Wildman–Crippen LogP) is 5.32. The van der Waals surface area contributed by atoms with E-state index in [0.29, 0.717) is 54.7 Å². The molecule has 2 heterocycles. The number of hydrogen-bond acceptors (Lipinski definition) is 20. The van der Waals surface area contributed by atoms with Gasteiger partial charge in [-0.15, -0.1) is 11.8 Å². The summed E-state index contributed by atoms with van der Waals surface area (Å²) in [4.78, 5) is 192. The van der Waals surface area contributed by atoms with Crippen molar-refractivity contribution in [2.75, 3.05) is 85.7 Å². The first-order valence-electron chi connectivity index (χ1n) is 38.5. The number of methoxy groups -OCH3 is 2. The molecule has 618 valence electrons. The maximum Gasteiger partial charge on any atom is 0.407 e. The lowest BCUT2D eigenvalue weighted by molar-refractivity contribution is -0.146. The Kier molecular flexibility index (Phi) is 37.5. The van der Waals surface area contributed by atoms with Gasteiger partial charge in [-0.1, -0.05) is 104 Å². The summed E-state index contributed by atoms with van der Waals surface area (Å²) in [6.45, 7) is 17.7. The number of benzene rings is 2. The largest absolute Gasteiger partial charge is 0.481 e. The Bertz CT molecular complexity index is 3530. The maximum atomic E-state index is 14.9. The van der Waals surface area contributed by atoms with Crippen LogP contribution in [-0.4, -0.2) is 248 Å². The molecule has 5 rings (SSSR count). The third-order valence-corrected chi connectivity index (χ3v) is 22.0. The summed E-state index contributed by atoms with van der Waals surface area (Å²) in [5.74, 6) is -6.25. The SMILES string of the molecule is CCC[C@@H]([C@@H](CC(=O)N1C[C@@H](OC(=O)NCCNC(=O)OCc2ccc(NC(=O)[C@H](CCCNC(N)=O)NC(=O)[C@@H](NC(=O)CCCCCN3C(=O)CC(SCC4(CC(=O)O)CC4)C3=O)C(C)C)cc2)C[C@H]1[C@H](OC)[C@@H](C)C(=O)NCC(=O)c1ccc(C)cc1C)OC)N(C)C(=O)[C@@H](NC(=O)[C@H](C(C)C)N(C)C)C(C)C. The molecule has 32 nitrogen and oxygen atoms in total. The lowest BCUT2D eigenvalue weighted by Crippen LogP contribution is -2.58. The Hall–Kier alpha value is -8.95. The lowest BCUT2D eigenvalue weighted by atomic mass is 9.93. The molecule has 111 heavy (non-hydrogen) atoms. The zero-order valence-corrected chi connectivity index (χ0v) is 68.1. The third-order valence-electron chi connectivity index (χ3n) is 20.5. The fourth-order valence-electron chi connectivity index (χ4n) is 14.1. The highest BCUT2D eigenvalue weighted by Gasteiger charge is 2.49. The van der Waals surface area contributed by atoms with Crippen LogP contribution in [0.1, 0.15) is 172 Å². The average molecular weight is 1580 g/mol. The number of aliphatic carboxylic acids is 1. The molecule has 2 aromatic carbocycles. The summed E-state index contributed by atoms with van der Waals surface area (Å²) in [5.41, 5.74) is 7.97. The summed E-state index contributed by atoms with van der Waals surface area (Å²) in [7, 11) is 8.07. The molecule has 2 aromatic rings. The molecule has 1 saturated carbocycles. The van der Waals surface area contributed by atoms with Gasteiger partial charge >= 0.3 is 24.2 Å². The van der Waals surface area contributed by atoms with Crippen molar-refractivity contribution >= 4 is 101 Å². The number of ether oxygens (including phenoxy) is 4. The summed E-state index contributed by atoms with van der Waals surface area (Å²) >= 11 is 1.34. The minimum Gasteiger partial charge on any atom is -0.481 e. The Morgan fingerprint density at radius 1 is 0.730 bits per heavy atom. The fraction of sp³-hybridized carbons (Fsp3) is 0.667. The van der Waals surface area contributed by atoms with Crippen molar-refractivity contribution in [3.63, 3.8) is 0 Å². The Morgan fingerprint density at radius 2 is 1.40 bits per heavy atom. The molecule has 33 heteroatoms. The molecule has 11 atom stereocenters. The zero-order chi connectivity index (χ0) is 82.6. The first kappa shape index (κ1) is 92.7. The molecule has 0 aromatic heterocycles. The molecular formula is C78H121N13O19S. The number of hydrogen-bond donors (Lipinski definition) is 10. The van der Waals surface area contributed by atoms with Crippen LogP contribution >= 0.6 is 11.8 Å². The number of imide groups is 1. The number of alkyl carbamates (subject to hydrolysis) is 2. The number of likely N-dealkylation sites (N-methyl/N-ethyl adjacent to an activating group) is 2. The number of carbonyl (C=O) groups excluding carboxylic acids is 13. The van der Waals surface area contributed by atoms with Crippen molar-refractivity contribution in [1.82, 2.24) is 56.8 Å². The number of unbranched alkanes of at least 4 members (excludes halogenated alkanes) is 2. The number of amides is 13. The van der Waals surface area contributed by atoms with Gasteiger partial charge in [-0.25, -0.2) is 14.4 Å². The number of carboxylic acids is 1.